The SMILES string of the molecule is COc1cc([C@@H]2CC(=O)Nc3nc(N4CCCCC4)sc32)ccc1OCC(N)=O. The fourth-order valence-electron chi connectivity index (χ4n) is 3.77. The van der Waals surface area contributed by atoms with Gasteiger partial charge >= 0.3 is 0 Å². The molecule has 0 aliphatic carbocycles. The lowest BCUT2D eigenvalue weighted by Gasteiger charge is -2.25. The summed E-state index contributed by atoms with van der Waals surface area (Å²) in [5.74, 6) is 0.885. The minimum atomic E-state index is -0.556. The largest absolute Gasteiger partial charge is 0.493 e. The highest BCUT2D eigenvalue weighted by atomic mass is 32.1. The maximum atomic E-state index is 12.3. The molecule has 1 fully saturated rings. The van der Waals surface area contributed by atoms with Crippen LogP contribution in [0.5, 0.6) is 11.5 Å². The van der Waals surface area contributed by atoms with Crippen LogP contribution in [0.15, 0.2) is 18.2 Å². The Morgan fingerprint density at radius 1 is 1.31 bits per heavy atom. The highest BCUT2D eigenvalue weighted by Crippen LogP contribution is 2.45. The van der Waals surface area contributed by atoms with E-state index in [2.05, 4.69) is 10.2 Å². The van der Waals surface area contributed by atoms with Crippen LogP contribution in [-0.4, -0.2) is 43.6 Å². The van der Waals surface area contributed by atoms with Gasteiger partial charge in [0.15, 0.2) is 23.2 Å². The molecule has 2 aliphatic heterocycles. The number of hydrogen-bond donors (Lipinski definition) is 2. The summed E-state index contributed by atoms with van der Waals surface area (Å²) >= 11 is 1.65. The first kappa shape index (κ1) is 19.5. The number of rotatable bonds is 6. The van der Waals surface area contributed by atoms with E-state index < -0.39 is 5.91 Å². The van der Waals surface area contributed by atoms with E-state index in [4.69, 9.17) is 20.2 Å². The van der Waals surface area contributed by atoms with Crippen LogP contribution < -0.4 is 25.4 Å². The fourth-order valence-corrected chi connectivity index (χ4v) is 4.97. The summed E-state index contributed by atoms with van der Waals surface area (Å²) in [6.07, 6.45) is 3.94. The standard InChI is InChI=1S/C20H24N4O4S/c1-27-15-9-12(5-6-14(15)28-11-16(21)25)13-10-17(26)22-19-18(13)29-20(23-19)24-7-3-2-4-8-24/h5-6,9,13H,2-4,7-8,10-11H2,1H3,(H2,21,25)(H,22,26)/t13-/m0/s1. The molecule has 1 saturated heterocycles. The monoisotopic (exact) mass is 416 g/mol. The minimum absolute atomic E-state index is 0.0500. The third-order valence-electron chi connectivity index (χ3n) is 5.19. The number of primary amides is 1. The Balaban J connectivity index is 1.64. The maximum Gasteiger partial charge on any atom is 0.255 e. The predicted octanol–water partition coefficient (Wildman–Crippen LogP) is 2.48. The number of aromatic nitrogens is 1. The number of benzene rings is 1. The number of methoxy groups -OCH3 is 1. The van der Waals surface area contributed by atoms with Crippen LogP contribution in [0.3, 0.4) is 0 Å². The van der Waals surface area contributed by atoms with Crippen LogP contribution in [0, 0.1) is 0 Å². The van der Waals surface area contributed by atoms with Gasteiger partial charge in [-0.05, 0) is 37.0 Å². The second kappa shape index (κ2) is 8.28. The Kier molecular flexibility index (Phi) is 5.57. The molecule has 0 unspecified atom stereocenters. The van der Waals surface area contributed by atoms with Gasteiger partial charge in [-0.15, -0.1) is 0 Å². The lowest BCUT2D eigenvalue weighted by molar-refractivity contribution is -0.120. The van der Waals surface area contributed by atoms with E-state index in [-0.39, 0.29) is 18.4 Å². The molecule has 2 aliphatic rings. The van der Waals surface area contributed by atoms with Crippen LogP contribution in [0.2, 0.25) is 0 Å². The van der Waals surface area contributed by atoms with Crippen molar-refractivity contribution in [2.75, 3.05) is 37.0 Å². The summed E-state index contributed by atoms with van der Waals surface area (Å²) < 4.78 is 10.8. The molecule has 1 aromatic heterocycles. The molecular formula is C20H24N4O4S. The van der Waals surface area contributed by atoms with Gasteiger partial charge in [-0.3, -0.25) is 9.59 Å². The molecule has 4 rings (SSSR count). The Morgan fingerprint density at radius 2 is 2.10 bits per heavy atom. The van der Waals surface area contributed by atoms with Gasteiger partial charge in [0.25, 0.3) is 5.91 Å². The molecule has 8 nitrogen and oxygen atoms in total. The smallest absolute Gasteiger partial charge is 0.255 e. The minimum Gasteiger partial charge on any atom is -0.493 e. The van der Waals surface area contributed by atoms with Gasteiger partial charge in [0, 0.05) is 25.4 Å². The first-order valence-electron chi connectivity index (χ1n) is 9.69. The lowest BCUT2D eigenvalue weighted by atomic mass is 9.91. The Labute approximate surface area is 173 Å². The third-order valence-corrected chi connectivity index (χ3v) is 6.42. The fraction of sp³-hybridized carbons (Fsp3) is 0.450. The van der Waals surface area contributed by atoms with Crippen LogP contribution in [0.25, 0.3) is 0 Å². The summed E-state index contributed by atoms with van der Waals surface area (Å²) in [5, 5.41) is 3.89. The van der Waals surface area contributed by atoms with Gasteiger partial charge in [0.1, 0.15) is 5.82 Å². The normalized spacial score (nSPS) is 18.7. The zero-order valence-corrected chi connectivity index (χ0v) is 17.1. The molecule has 1 aromatic carbocycles. The van der Waals surface area contributed by atoms with E-state index >= 15 is 0 Å². The van der Waals surface area contributed by atoms with Crippen molar-refractivity contribution in [3.8, 4) is 11.5 Å². The summed E-state index contributed by atoms with van der Waals surface area (Å²) in [5.41, 5.74) is 6.09. The van der Waals surface area contributed by atoms with Crippen LogP contribution in [0.4, 0.5) is 10.9 Å². The third kappa shape index (κ3) is 4.14. The molecule has 2 aromatic rings. The van der Waals surface area contributed by atoms with Crippen LogP contribution >= 0.6 is 11.3 Å². The number of nitrogens with one attached hydrogen (secondary N) is 1. The van der Waals surface area contributed by atoms with Gasteiger partial charge < -0.3 is 25.4 Å². The van der Waals surface area contributed by atoms with E-state index in [9.17, 15) is 9.59 Å². The number of nitrogens with zero attached hydrogens (tertiary/aromatic N) is 2. The summed E-state index contributed by atoms with van der Waals surface area (Å²) in [7, 11) is 1.54. The van der Waals surface area contributed by atoms with Crippen LogP contribution in [0.1, 0.15) is 42.0 Å². The van der Waals surface area contributed by atoms with E-state index in [1.807, 2.05) is 12.1 Å². The van der Waals surface area contributed by atoms with Gasteiger partial charge in [-0.25, -0.2) is 4.98 Å². The molecule has 9 heteroatoms. The first-order chi connectivity index (χ1) is 14.0. The van der Waals surface area contributed by atoms with Crippen molar-refractivity contribution in [2.45, 2.75) is 31.6 Å². The number of nitrogens with two attached hydrogens (primary N) is 1. The molecule has 0 saturated carbocycles. The van der Waals surface area contributed by atoms with Gasteiger partial charge in [-0.1, -0.05) is 17.4 Å². The summed E-state index contributed by atoms with van der Waals surface area (Å²) in [4.78, 5) is 31.4. The van der Waals surface area contributed by atoms with Crippen molar-refractivity contribution in [2.24, 2.45) is 5.73 Å². The zero-order valence-electron chi connectivity index (χ0n) is 16.3. The molecule has 3 heterocycles. The summed E-state index contributed by atoms with van der Waals surface area (Å²) in [6, 6.07) is 5.49. The first-order valence-corrected chi connectivity index (χ1v) is 10.5. The topological polar surface area (TPSA) is 107 Å². The van der Waals surface area contributed by atoms with Crippen molar-refractivity contribution in [1.29, 1.82) is 0 Å². The van der Waals surface area contributed by atoms with Crippen molar-refractivity contribution < 1.29 is 19.1 Å². The number of carbonyl (C=O) groups is 2. The molecule has 154 valence electrons. The summed E-state index contributed by atoms with van der Waals surface area (Å²) in [6.45, 7) is 1.79. The van der Waals surface area contributed by atoms with Gasteiger partial charge in [0.05, 0.1) is 12.0 Å². The number of anilines is 2. The average molecular weight is 417 g/mol. The quantitative estimate of drug-likeness (QED) is 0.749. The van der Waals surface area contributed by atoms with E-state index in [0.29, 0.717) is 23.7 Å². The van der Waals surface area contributed by atoms with Crippen molar-refractivity contribution in [1.82, 2.24) is 4.98 Å². The second-order valence-corrected chi connectivity index (χ2v) is 8.24. The molecule has 0 spiro atoms. The molecule has 3 N–H and O–H groups in total. The number of fused-ring (bicyclic) bond motifs is 1. The van der Waals surface area contributed by atoms with Crippen molar-refractivity contribution in [3.63, 3.8) is 0 Å². The number of thiazole rings is 1. The Hall–Kier alpha value is -2.81. The van der Waals surface area contributed by atoms with Crippen molar-refractivity contribution >= 4 is 34.1 Å². The molecular weight excluding hydrogens is 392 g/mol. The van der Waals surface area contributed by atoms with E-state index in [0.717, 1.165) is 28.7 Å². The highest BCUT2D eigenvalue weighted by Gasteiger charge is 2.32. The molecule has 1 atom stereocenters. The highest BCUT2D eigenvalue weighted by molar-refractivity contribution is 7.16. The Bertz CT molecular complexity index is 923. The molecule has 29 heavy (non-hydrogen) atoms. The zero-order chi connectivity index (χ0) is 20.4. The predicted molar refractivity (Wildman–Crippen MR) is 111 cm³/mol. The lowest BCUT2D eigenvalue weighted by Crippen LogP contribution is -2.29. The number of amides is 2. The van der Waals surface area contributed by atoms with E-state index in [1.165, 1.54) is 26.4 Å². The van der Waals surface area contributed by atoms with Gasteiger partial charge in [0.2, 0.25) is 5.91 Å². The number of piperidine rings is 1. The number of carbonyl (C=O) groups excluding carboxylic acids is 2. The molecule has 0 bridgehead atoms. The average Bonchev–Trinajstić information content (AvgIpc) is 3.16. The van der Waals surface area contributed by atoms with Crippen molar-refractivity contribution in [3.05, 3.63) is 28.6 Å². The second-order valence-electron chi connectivity index (χ2n) is 7.23. The maximum absolute atomic E-state index is 12.3. The van der Waals surface area contributed by atoms with E-state index in [1.54, 1.807) is 17.4 Å². The Morgan fingerprint density at radius 3 is 2.83 bits per heavy atom. The number of ether oxygens (including phenoxy) is 2. The van der Waals surface area contributed by atoms with Gasteiger partial charge in [-0.2, -0.15) is 0 Å². The number of hydrogen-bond acceptors (Lipinski definition) is 7. The molecule has 2 amide bonds. The molecule has 0 radical (unpaired) electrons. The van der Waals surface area contributed by atoms with Crippen LogP contribution in [-0.2, 0) is 9.59 Å².